The van der Waals surface area contributed by atoms with Gasteiger partial charge in [0.15, 0.2) is 5.78 Å². The lowest BCUT2D eigenvalue weighted by Gasteiger charge is -2.26. The van der Waals surface area contributed by atoms with Gasteiger partial charge in [0.1, 0.15) is 0 Å². The first-order valence-corrected chi connectivity index (χ1v) is 6.22. The van der Waals surface area contributed by atoms with Gasteiger partial charge in [-0.1, -0.05) is 6.07 Å². The van der Waals surface area contributed by atoms with E-state index in [0.717, 1.165) is 12.1 Å². The fourth-order valence-electron chi connectivity index (χ4n) is 2.33. The summed E-state index contributed by atoms with van der Waals surface area (Å²) in [6, 6.07) is 2.68. The zero-order chi connectivity index (χ0) is 15.1. The first-order chi connectivity index (χ1) is 9.16. The fourth-order valence-corrected chi connectivity index (χ4v) is 2.33. The maximum Gasteiger partial charge on any atom is 0.416 e. The number of halogens is 3. The van der Waals surface area contributed by atoms with Crippen molar-refractivity contribution in [2.75, 3.05) is 13.2 Å². The second-order valence-corrected chi connectivity index (χ2v) is 5.40. The molecule has 1 aliphatic heterocycles. The van der Waals surface area contributed by atoms with Crippen LogP contribution in [-0.2, 0) is 10.9 Å². The van der Waals surface area contributed by atoms with Gasteiger partial charge >= 0.3 is 6.18 Å². The Morgan fingerprint density at radius 1 is 1.45 bits per heavy atom. The van der Waals surface area contributed by atoms with E-state index in [1.807, 2.05) is 0 Å². The topological polar surface area (TPSA) is 52.3 Å². The lowest BCUT2D eigenvalue weighted by molar-refractivity contribution is -0.137. The molecule has 0 spiro atoms. The Balaban J connectivity index is 2.37. The van der Waals surface area contributed by atoms with E-state index in [9.17, 15) is 18.0 Å². The van der Waals surface area contributed by atoms with Crippen LogP contribution in [-0.4, -0.2) is 25.0 Å². The van der Waals surface area contributed by atoms with Crippen LogP contribution in [0.3, 0.4) is 0 Å². The van der Waals surface area contributed by atoms with Crippen LogP contribution in [0.15, 0.2) is 18.2 Å². The van der Waals surface area contributed by atoms with Crippen molar-refractivity contribution in [3.63, 3.8) is 0 Å². The average molecular weight is 287 g/mol. The van der Waals surface area contributed by atoms with E-state index in [-0.39, 0.29) is 24.6 Å². The van der Waals surface area contributed by atoms with Crippen molar-refractivity contribution in [3.8, 4) is 0 Å². The van der Waals surface area contributed by atoms with E-state index in [4.69, 9.17) is 10.5 Å². The minimum absolute atomic E-state index is 0.188. The molecule has 0 amide bonds. The zero-order valence-corrected chi connectivity index (χ0v) is 11.3. The molecule has 1 aliphatic rings. The molecule has 20 heavy (non-hydrogen) atoms. The number of aryl methyl sites for hydroxylation is 1. The largest absolute Gasteiger partial charge is 0.416 e. The highest BCUT2D eigenvalue weighted by molar-refractivity contribution is 6.02. The van der Waals surface area contributed by atoms with E-state index in [2.05, 4.69) is 0 Å². The van der Waals surface area contributed by atoms with Crippen LogP contribution in [0.4, 0.5) is 13.2 Å². The summed E-state index contributed by atoms with van der Waals surface area (Å²) in [6.07, 6.45) is -4.41. The highest BCUT2D eigenvalue weighted by atomic mass is 19.4. The molecular formula is C14H16F3NO2. The SMILES string of the molecule is Cc1cc(C(F)(F)F)ccc1C(=O)C1(C)COCC1N. The highest BCUT2D eigenvalue weighted by Crippen LogP contribution is 2.34. The normalized spacial score (nSPS) is 26.8. The maximum absolute atomic E-state index is 12.6. The van der Waals surface area contributed by atoms with Crippen molar-refractivity contribution in [2.24, 2.45) is 11.1 Å². The lowest BCUT2D eigenvalue weighted by atomic mass is 9.77. The molecule has 0 saturated carbocycles. The molecule has 110 valence electrons. The Morgan fingerprint density at radius 2 is 2.10 bits per heavy atom. The predicted octanol–water partition coefficient (Wildman–Crippen LogP) is 2.56. The molecule has 1 heterocycles. The number of alkyl halides is 3. The number of hydrogen-bond acceptors (Lipinski definition) is 3. The van der Waals surface area contributed by atoms with E-state index < -0.39 is 23.2 Å². The van der Waals surface area contributed by atoms with Crippen LogP contribution in [0.2, 0.25) is 0 Å². The van der Waals surface area contributed by atoms with Gasteiger partial charge in [0.2, 0.25) is 0 Å². The van der Waals surface area contributed by atoms with Crippen molar-refractivity contribution in [1.29, 1.82) is 0 Å². The molecule has 3 nitrogen and oxygen atoms in total. The Kier molecular flexibility index (Phi) is 3.64. The van der Waals surface area contributed by atoms with Crippen molar-refractivity contribution in [1.82, 2.24) is 0 Å². The average Bonchev–Trinajstić information content (AvgIpc) is 2.69. The van der Waals surface area contributed by atoms with E-state index >= 15 is 0 Å². The van der Waals surface area contributed by atoms with Crippen LogP contribution >= 0.6 is 0 Å². The Labute approximate surface area is 114 Å². The maximum atomic E-state index is 12.6. The number of nitrogens with two attached hydrogens (primary N) is 1. The molecule has 2 N–H and O–H groups in total. The molecule has 1 fully saturated rings. The summed E-state index contributed by atoms with van der Waals surface area (Å²) in [5.74, 6) is -0.270. The third kappa shape index (κ3) is 2.45. The number of ketones is 1. The number of benzene rings is 1. The zero-order valence-electron chi connectivity index (χ0n) is 11.3. The van der Waals surface area contributed by atoms with Gasteiger partial charge in [-0.3, -0.25) is 4.79 Å². The number of Topliss-reactive ketones (excluding diaryl/α,β-unsaturated/α-hetero) is 1. The van der Waals surface area contributed by atoms with Crippen LogP contribution < -0.4 is 5.73 Å². The molecule has 2 atom stereocenters. The molecule has 1 aromatic rings. The molecule has 2 unspecified atom stereocenters. The smallest absolute Gasteiger partial charge is 0.379 e. The summed E-state index contributed by atoms with van der Waals surface area (Å²) < 4.78 is 43.0. The number of rotatable bonds is 2. The second kappa shape index (κ2) is 4.86. The molecule has 0 bridgehead atoms. The molecule has 1 saturated heterocycles. The van der Waals surface area contributed by atoms with Crippen molar-refractivity contribution in [3.05, 3.63) is 34.9 Å². The van der Waals surface area contributed by atoms with E-state index in [0.29, 0.717) is 5.56 Å². The molecule has 1 aromatic carbocycles. The van der Waals surface area contributed by atoms with Crippen LogP contribution in [0.25, 0.3) is 0 Å². The summed E-state index contributed by atoms with van der Waals surface area (Å²) in [7, 11) is 0. The predicted molar refractivity (Wildman–Crippen MR) is 67.4 cm³/mol. The molecule has 0 aliphatic carbocycles. The minimum atomic E-state index is -4.41. The van der Waals surface area contributed by atoms with Crippen molar-refractivity contribution >= 4 is 5.78 Å². The third-order valence-corrected chi connectivity index (χ3v) is 3.83. The summed E-state index contributed by atoms with van der Waals surface area (Å²) in [4.78, 5) is 12.5. The first kappa shape index (κ1) is 15.0. The lowest BCUT2D eigenvalue weighted by Crippen LogP contribution is -2.44. The number of ether oxygens (including phenoxy) is 1. The molecule has 0 radical (unpaired) electrons. The number of carbonyl (C=O) groups is 1. The van der Waals surface area contributed by atoms with Gasteiger partial charge < -0.3 is 10.5 Å². The quantitative estimate of drug-likeness (QED) is 0.851. The van der Waals surface area contributed by atoms with Gasteiger partial charge in [-0.15, -0.1) is 0 Å². The van der Waals surface area contributed by atoms with E-state index in [1.54, 1.807) is 6.92 Å². The molecule has 0 aromatic heterocycles. The van der Waals surface area contributed by atoms with Gasteiger partial charge in [0.05, 0.1) is 24.2 Å². The summed E-state index contributed by atoms with van der Waals surface area (Å²) in [5.41, 5.74) is 4.79. The summed E-state index contributed by atoms with van der Waals surface area (Å²) >= 11 is 0. The van der Waals surface area contributed by atoms with Gasteiger partial charge in [0, 0.05) is 11.6 Å². The highest BCUT2D eigenvalue weighted by Gasteiger charge is 2.45. The molecule has 2 rings (SSSR count). The van der Waals surface area contributed by atoms with Crippen LogP contribution in [0.1, 0.15) is 28.4 Å². The Morgan fingerprint density at radius 3 is 2.55 bits per heavy atom. The van der Waals surface area contributed by atoms with Crippen molar-refractivity contribution in [2.45, 2.75) is 26.1 Å². The standard InChI is InChI=1S/C14H16F3NO2/c1-8-5-9(14(15,16)17)3-4-10(8)12(19)13(2)7-20-6-11(13)18/h3-5,11H,6-7,18H2,1-2H3. The minimum Gasteiger partial charge on any atom is -0.379 e. The molecular weight excluding hydrogens is 271 g/mol. The monoisotopic (exact) mass is 287 g/mol. The van der Waals surface area contributed by atoms with Crippen LogP contribution in [0, 0.1) is 12.3 Å². The van der Waals surface area contributed by atoms with Gasteiger partial charge in [-0.05, 0) is 31.5 Å². The van der Waals surface area contributed by atoms with Crippen molar-refractivity contribution < 1.29 is 22.7 Å². The fraction of sp³-hybridized carbons (Fsp3) is 0.500. The number of hydrogen-bond donors (Lipinski definition) is 1. The summed E-state index contributed by atoms with van der Waals surface area (Å²) in [5, 5.41) is 0. The Hall–Kier alpha value is -1.40. The molecule has 6 heteroatoms. The Bertz CT molecular complexity index is 542. The van der Waals surface area contributed by atoms with E-state index in [1.165, 1.54) is 13.0 Å². The van der Waals surface area contributed by atoms with Gasteiger partial charge in [0.25, 0.3) is 0 Å². The van der Waals surface area contributed by atoms with Crippen LogP contribution in [0.5, 0.6) is 0 Å². The number of carbonyl (C=O) groups excluding carboxylic acids is 1. The van der Waals surface area contributed by atoms with Gasteiger partial charge in [-0.2, -0.15) is 13.2 Å². The second-order valence-electron chi connectivity index (χ2n) is 5.40. The van der Waals surface area contributed by atoms with Gasteiger partial charge in [-0.25, -0.2) is 0 Å². The summed E-state index contributed by atoms with van der Waals surface area (Å²) in [6.45, 7) is 3.65. The first-order valence-electron chi connectivity index (χ1n) is 6.22. The third-order valence-electron chi connectivity index (χ3n) is 3.83.